The van der Waals surface area contributed by atoms with Crippen molar-refractivity contribution in [1.29, 1.82) is 0 Å². The molecule has 0 amide bonds. The molecule has 2 aromatic rings. The zero-order chi connectivity index (χ0) is 16.8. The summed E-state index contributed by atoms with van der Waals surface area (Å²) in [6.07, 6.45) is 1.04. The van der Waals surface area contributed by atoms with Crippen LogP contribution in [-0.2, 0) is 11.2 Å². The van der Waals surface area contributed by atoms with Gasteiger partial charge in [0.2, 0.25) is 0 Å². The first-order valence-corrected chi connectivity index (χ1v) is 9.87. The molecule has 0 N–H and O–H groups in total. The van der Waals surface area contributed by atoms with Crippen LogP contribution in [0.5, 0.6) is 5.75 Å². The van der Waals surface area contributed by atoms with Crippen molar-refractivity contribution in [2.75, 3.05) is 32.0 Å². The third kappa shape index (κ3) is 4.08. The van der Waals surface area contributed by atoms with Crippen LogP contribution in [0.4, 0.5) is 0 Å². The van der Waals surface area contributed by atoms with Crippen LogP contribution in [0.3, 0.4) is 0 Å². The minimum Gasteiger partial charge on any atom is -0.496 e. The molecule has 24 heavy (non-hydrogen) atoms. The Morgan fingerprint density at radius 3 is 2.71 bits per heavy atom. The largest absolute Gasteiger partial charge is 0.496 e. The Hall–Kier alpha value is -1.16. The zero-order valence-corrected chi connectivity index (χ0v) is 15.5. The number of methoxy groups -OCH3 is 1. The number of hydrogen-bond donors (Lipinski definition) is 0. The molecule has 1 aliphatic rings. The molecular weight excluding hydrogens is 340 g/mol. The summed E-state index contributed by atoms with van der Waals surface area (Å²) >= 11 is 7.72. The quantitative estimate of drug-likeness (QED) is 0.528. The van der Waals surface area contributed by atoms with Crippen molar-refractivity contribution in [2.45, 2.75) is 17.6 Å². The van der Waals surface area contributed by atoms with Gasteiger partial charge in [0.15, 0.2) is 0 Å². The average Bonchev–Trinajstić information content (AvgIpc) is 2.82. The number of benzene rings is 2. The van der Waals surface area contributed by atoms with Crippen LogP contribution in [0.2, 0.25) is 0 Å². The molecule has 2 nitrogen and oxygen atoms in total. The maximum absolute atomic E-state index is 5.77. The summed E-state index contributed by atoms with van der Waals surface area (Å²) in [5.41, 5.74) is 4.06. The first-order chi connectivity index (χ1) is 11.8. The van der Waals surface area contributed by atoms with Gasteiger partial charge in [-0.3, -0.25) is 0 Å². The molecule has 2 unspecified atom stereocenters. The van der Waals surface area contributed by atoms with Gasteiger partial charge >= 0.3 is 0 Å². The summed E-state index contributed by atoms with van der Waals surface area (Å²) in [6.45, 7) is 1.26. The van der Waals surface area contributed by atoms with Gasteiger partial charge in [-0.15, -0.1) is 11.6 Å². The Bertz CT molecular complexity index is 647. The van der Waals surface area contributed by atoms with Gasteiger partial charge in [0.1, 0.15) is 5.75 Å². The maximum Gasteiger partial charge on any atom is 0.123 e. The lowest BCUT2D eigenvalue weighted by molar-refractivity contribution is 0.150. The van der Waals surface area contributed by atoms with E-state index in [1.165, 1.54) is 16.7 Å². The van der Waals surface area contributed by atoms with Crippen molar-refractivity contribution in [1.82, 2.24) is 0 Å². The fourth-order valence-electron chi connectivity index (χ4n) is 3.27. The van der Waals surface area contributed by atoms with Crippen molar-refractivity contribution >= 4 is 23.4 Å². The van der Waals surface area contributed by atoms with E-state index in [-0.39, 0.29) is 5.25 Å². The maximum atomic E-state index is 5.77. The van der Waals surface area contributed by atoms with Gasteiger partial charge in [-0.05, 0) is 29.5 Å². The van der Waals surface area contributed by atoms with E-state index in [1.807, 2.05) is 11.8 Å². The van der Waals surface area contributed by atoms with Crippen molar-refractivity contribution in [3.05, 3.63) is 65.2 Å². The van der Waals surface area contributed by atoms with E-state index in [1.54, 1.807) is 7.11 Å². The molecule has 1 aliphatic heterocycles. The van der Waals surface area contributed by atoms with Crippen LogP contribution in [-0.4, -0.2) is 32.0 Å². The number of alkyl halides is 1. The standard InChI is InChI=1S/C20H23ClO2S/c1-22-18-9-5-8-16-12-17(15-6-3-2-4-7-15)14-24-19(20(16)18)13-23-11-10-21/h2-9,17,19H,10-14H2,1H3. The van der Waals surface area contributed by atoms with E-state index < -0.39 is 0 Å². The summed E-state index contributed by atoms with van der Waals surface area (Å²) in [5, 5.41) is 0.285. The molecule has 0 fully saturated rings. The summed E-state index contributed by atoms with van der Waals surface area (Å²) in [5.74, 6) is 3.09. The van der Waals surface area contributed by atoms with E-state index >= 15 is 0 Å². The molecule has 0 saturated heterocycles. The molecule has 0 aliphatic carbocycles. The predicted molar refractivity (Wildman–Crippen MR) is 103 cm³/mol. The Labute approximate surface area is 153 Å². The smallest absolute Gasteiger partial charge is 0.123 e. The van der Waals surface area contributed by atoms with Crippen LogP contribution in [0.15, 0.2) is 48.5 Å². The predicted octanol–water partition coefficient (Wildman–Crippen LogP) is 5.06. The highest BCUT2D eigenvalue weighted by Crippen LogP contribution is 2.44. The molecule has 2 aromatic carbocycles. The van der Waals surface area contributed by atoms with Crippen LogP contribution < -0.4 is 4.74 Å². The topological polar surface area (TPSA) is 18.5 Å². The second kappa shape index (κ2) is 8.80. The molecule has 3 rings (SSSR count). The van der Waals surface area contributed by atoms with Crippen molar-refractivity contribution in [3.63, 3.8) is 0 Å². The van der Waals surface area contributed by atoms with Gasteiger partial charge in [-0.25, -0.2) is 0 Å². The van der Waals surface area contributed by atoms with Gasteiger partial charge in [0.05, 0.1) is 25.6 Å². The molecule has 1 heterocycles. The monoisotopic (exact) mass is 362 g/mol. The van der Waals surface area contributed by atoms with Crippen molar-refractivity contribution < 1.29 is 9.47 Å². The van der Waals surface area contributed by atoms with Crippen LogP contribution >= 0.6 is 23.4 Å². The molecular formula is C20H23ClO2S. The molecule has 2 atom stereocenters. The van der Waals surface area contributed by atoms with E-state index in [2.05, 4.69) is 48.5 Å². The van der Waals surface area contributed by atoms with Gasteiger partial charge in [-0.2, -0.15) is 11.8 Å². The summed E-state index contributed by atoms with van der Waals surface area (Å²) in [4.78, 5) is 0. The lowest BCUT2D eigenvalue weighted by Crippen LogP contribution is -2.09. The van der Waals surface area contributed by atoms with Crippen LogP contribution in [0, 0.1) is 0 Å². The molecule has 0 saturated carbocycles. The number of fused-ring (bicyclic) bond motifs is 1. The fraction of sp³-hybridized carbons (Fsp3) is 0.400. The molecule has 4 heteroatoms. The first-order valence-electron chi connectivity index (χ1n) is 8.29. The number of hydrogen-bond acceptors (Lipinski definition) is 3. The highest BCUT2D eigenvalue weighted by atomic mass is 35.5. The first kappa shape index (κ1) is 17.7. The minimum absolute atomic E-state index is 0.285. The number of halogens is 1. The van der Waals surface area contributed by atoms with Gasteiger partial charge in [-0.1, -0.05) is 42.5 Å². The molecule has 128 valence electrons. The van der Waals surface area contributed by atoms with Crippen molar-refractivity contribution in [3.8, 4) is 5.75 Å². The summed E-state index contributed by atoms with van der Waals surface area (Å²) < 4.78 is 11.4. The normalized spacial score (nSPS) is 20.2. The Morgan fingerprint density at radius 1 is 1.12 bits per heavy atom. The minimum atomic E-state index is 0.285. The zero-order valence-electron chi connectivity index (χ0n) is 13.9. The summed E-state index contributed by atoms with van der Waals surface area (Å²) in [6, 6.07) is 17.2. The third-order valence-electron chi connectivity index (χ3n) is 4.42. The van der Waals surface area contributed by atoms with Crippen LogP contribution in [0.25, 0.3) is 0 Å². The number of thioether (sulfide) groups is 1. The Balaban J connectivity index is 1.90. The third-order valence-corrected chi connectivity index (χ3v) is 5.95. The Kier molecular flexibility index (Phi) is 6.47. The highest BCUT2D eigenvalue weighted by molar-refractivity contribution is 7.99. The number of rotatable bonds is 6. The molecule has 0 radical (unpaired) electrons. The van der Waals surface area contributed by atoms with E-state index in [4.69, 9.17) is 21.1 Å². The molecule has 0 spiro atoms. The SMILES string of the molecule is COc1cccc2c1C(COCCCl)SCC(c1ccccc1)C2. The van der Waals surface area contributed by atoms with Gasteiger partial charge in [0.25, 0.3) is 0 Å². The highest BCUT2D eigenvalue weighted by Gasteiger charge is 2.28. The fourth-order valence-corrected chi connectivity index (χ4v) is 4.78. The average molecular weight is 363 g/mol. The lowest BCUT2D eigenvalue weighted by Gasteiger charge is -2.20. The molecule has 0 bridgehead atoms. The summed E-state index contributed by atoms with van der Waals surface area (Å²) in [7, 11) is 1.75. The lowest BCUT2D eigenvalue weighted by atomic mass is 9.90. The van der Waals surface area contributed by atoms with Crippen LogP contribution in [0.1, 0.15) is 27.9 Å². The second-order valence-corrected chi connectivity index (χ2v) is 7.54. The van der Waals surface area contributed by atoms with E-state index in [9.17, 15) is 0 Å². The van der Waals surface area contributed by atoms with E-state index in [0.717, 1.165) is 17.9 Å². The van der Waals surface area contributed by atoms with Gasteiger partial charge < -0.3 is 9.47 Å². The number of ether oxygens (including phenoxy) is 2. The second-order valence-electron chi connectivity index (χ2n) is 5.93. The Morgan fingerprint density at radius 2 is 1.96 bits per heavy atom. The molecule has 0 aromatic heterocycles. The van der Waals surface area contributed by atoms with Crippen molar-refractivity contribution in [2.24, 2.45) is 0 Å². The van der Waals surface area contributed by atoms with Gasteiger partial charge in [0, 0.05) is 17.2 Å². The van der Waals surface area contributed by atoms with E-state index in [0.29, 0.717) is 25.0 Å².